The fraction of sp³-hybridized carbons (Fsp3) is 0.00926. The Morgan fingerprint density at radius 2 is 0.639 bits per heavy atom. The van der Waals surface area contributed by atoms with E-state index in [1.165, 1.54) is 80.2 Å². The Hall–Kier alpha value is -15.0. The van der Waals surface area contributed by atoms with Gasteiger partial charge < -0.3 is 24.6 Å². The van der Waals surface area contributed by atoms with Gasteiger partial charge in [0.2, 0.25) is 5.95 Å². The highest BCUT2D eigenvalue weighted by Gasteiger charge is 2.33. The van der Waals surface area contributed by atoms with E-state index in [2.05, 4.69) is 436 Å². The standard InChI is InChI=1S/C108H69N9S2/c1-3-19-68(20-4-1)70-35-39-72(40-36-70)105-110-106(112-108(111-105)117-93-29-13-10-26-88(93)90-65-80(50-58-95(90)117)82-52-59-99-103(67-82)118-101-33-17-15-31-97(101)114(99)85-55-45-69-21-7-8-22-75(69)62-85)73-41-37-71(38-42-73)76-43-44-78-63-86(56-48-77(78)61-76)115-98-32-16-18-34-102(98)119-104-66-81(51-60-100(104)115)79-49-57-94-89(64-79)87-25-9-12-28-92(87)113(94)84-53-46-74(47-54-84)107-109-91-27-11-14-30-96(91)116(107)83-23-5-2-6-24-83/h1-67,107,109H. The minimum Gasteiger partial charge on any atom is -0.359 e. The van der Waals surface area contributed by atoms with Gasteiger partial charge in [-0.25, -0.2) is 4.98 Å². The Balaban J connectivity index is 0.533. The average molecular weight is 1560 g/mol. The summed E-state index contributed by atoms with van der Waals surface area (Å²) in [6, 6.07) is 148. The molecule has 21 aromatic rings. The number of aromatic nitrogens is 5. The molecular weight excluding hydrogens is 1490 g/mol. The highest BCUT2D eigenvalue weighted by atomic mass is 32.2. The number of benzene rings is 18. The maximum Gasteiger partial charge on any atom is 0.238 e. The monoisotopic (exact) mass is 1560 g/mol. The predicted molar refractivity (Wildman–Crippen MR) is 495 cm³/mol. The van der Waals surface area contributed by atoms with Crippen molar-refractivity contribution in [3.05, 3.63) is 412 Å². The number of hydrogen-bond acceptors (Lipinski definition) is 9. The first-order valence-electron chi connectivity index (χ1n) is 40.3. The van der Waals surface area contributed by atoms with E-state index in [0.717, 1.165) is 123 Å². The van der Waals surface area contributed by atoms with E-state index in [0.29, 0.717) is 17.6 Å². The van der Waals surface area contributed by atoms with Crippen molar-refractivity contribution in [2.75, 3.05) is 20.0 Å². The van der Waals surface area contributed by atoms with Gasteiger partial charge in [-0.2, -0.15) is 9.97 Å². The molecule has 6 heterocycles. The van der Waals surface area contributed by atoms with E-state index in [-0.39, 0.29) is 6.17 Å². The van der Waals surface area contributed by atoms with E-state index in [4.69, 9.17) is 15.0 Å². The Morgan fingerprint density at radius 3 is 1.26 bits per heavy atom. The first kappa shape index (κ1) is 68.4. The van der Waals surface area contributed by atoms with Crippen molar-refractivity contribution in [3.8, 4) is 78.9 Å². The van der Waals surface area contributed by atoms with Crippen LogP contribution in [0, 0.1) is 0 Å². The smallest absolute Gasteiger partial charge is 0.238 e. The zero-order chi connectivity index (χ0) is 78.2. The second kappa shape index (κ2) is 27.9. The Kier molecular flexibility index (Phi) is 16.0. The Bertz CT molecular complexity index is 7670. The predicted octanol–water partition coefficient (Wildman–Crippen LogP) is 29.5. The zero-order valence-electron chi connectivity index (χ0n) is 64.2. The number of nitrogens with one attached hydrogen (secondary N) is 1. The molecule has 3 aromatic heterocycles. The van der Waals surface area contributed by atoms with Gasteiger partial charge in [0.05, 0.1) is 56.2 Å². The van der Waals surface area contributed by atoms with Gasteiger partial charge in [0.1, 0.15) is 6.17 Å². The van der Waals surface area contributed by atoms with Crippen LogP contribution in [0.1, 0.15) is 11.7 Å². The first-order chi connectivity index (χ1) is 58.9. The van der Waals surface area contributed by atoms with Crippen LogP contribution in [-0.2, 0) is 0 Å². The van der Waals surface area contributed by atoms with E-state index < -0.39 is 0 Å². The lowest BCUT2D eigenvalue weighted by molar-refractivity contribution is 0.827. The summed E-state index contributed by atoms with van der Waals surface area (Å²) in [4.78, 5) is 28.3. The largest absolute Gasteiger partial charge is 0.359 e. The van der Waals surface area contributed by atoms with Gasteiger partial charge in [-0.3, -0.25) is 4.57 Å². The second-order valence-corrected chi connectivity index (χ2v) is 33.0. The number of anilines is 9. The van der Waals surface area contributed by atoms with Crippen molar-refractivity contribution in [2.45, 2.75) is 25.7 Å². The van der Waals surface area contributed by atoms with E-state index >= 15 is 0 Å². The molecule has 24 rings (SSSR count). The molecule has 9 nitrogen and oxygen atoms in total. The van der Waals surface area contributed by atoms with Crippen LogP contribution in [0.15, 0.2) is 426 Å². The third-order valence-corrected chi connectivity index (χ3v) is 26.1. The summed E-state index contributed by atoms with van der Waals surface area (Å²) in [7, 11) is 0. The van der Waals surface area contributed by atoms with Crippen LogP contribution in [0.25, 0.3) is 144 Å². The molecular formula is C108H69N9S2. The molecule has 1 unspecified atom stereocenters. The van der Waals surface area contributed by atoms with Gasteiger partial charge in [0, 0.05) is 75.0 Å². The third-order valence-electron chi connectivity index (χ3n) is 23.9. The molecule has 1 N–H and O–H groups in total. The minimum atomic E-state index is -0.0518. The number of nitrogens with zero attached hydrogens (tertiary/aromatic N) is 8. The summed E-state index contributed by atoms with van der Waals surface area (Å²) in [5.41, 5.74) is 27.9. The minimum absolute atomic E-state index is 0.0518. The molecule has 0 spiro atoms. The lowest BCUT2D eigenvalue weighted by Gasteiger charge is -2.33. The quantitative estimate of drug-likeness (QED) is 0.129. The summed E-state index contributed by atoms with van der Waals surface area (Å²) >= 11 is 3.67. The van der Waals surface area contributed by atoms with Gasteiger partial charge in [-0.1, -0.05) is 278 Å². The van der Waals surface area contributed by atoms with Crippen molar-refractivity contribution >= 4 is 140 Å². The molecule has 1 atom stereocenters. The van der Waals surface area contributed by atoms with Gasteiger partial charge in [-0.15, -0.1) is 0 Å². The molecule has 119 heavy (non-hydrogen) atoms. The van der Waals surface area contributed by atoms with Crippen LogP contribution in [0.2, 0.25) is 0 Å². The van der Waals surface area contributed by atoms with Crippen LogP contribution in [0.5, 0.6) is 0 Å². The van der Waals surface area contributed by atoms with Crippen molar-refractivity contribution < 1.29 is 0 Å². The molecule has 3 aliphatic heterocycles. The van der Waals surface area contributed by atoms with Crippen LogP contribution < -0.4 is 20.0 Å². The number of hydrogen-bond donors (Lipinski definition) is 1. The Labute approximate surface area is 695 Å². The molecule has 0 amide bonds. The fourth-order valence-electron chi connectivity index (χ4n) is 18.1. The van der Waals surface area contributed by atoms with E-state index in [1.807, 2.05) is 23.5 Å². The maximum absolute atomic E-state index is 5.44. The lowest BCUT2D eigenvalue weighted by Crippen LogP contribution is -2.23. The fourth-order valence-corrected chi connectivity index (χ4v) is 20.3. The molecule has 18 aromatic carbocycles. The molecule has 0 saturated heterocycles. The topological polar surface area (TPSA) is 70.3 Å². The van der Waals surface area contributed by atoms with Crippen LogP contribution in [0.3, 0.4) is 0 Å². The highest BCUT2D eigenvalue weighted by molar-refractivity contribution is 8.00. The van der Waals surface area contributed by atoms with Crippen LogP contribution in [0.4, 0.5) is 51.2 Å². The number of para-hydroxylation sites is 7. The van der Waals surface area contributed by atoms with E-state index in [9.17, 15) is 0 Å². The van der Waals surface area contributed by atoms with Crippen molar-refractivity contribution in [2.24, 2.45) is 0 Å². The molecule has 0 fully saturated rings. The maximum atomic E-state index is 5.44. The molecule has 11 heteroatoms. The van der Waals surface area contributed by atoms with Crippen molar-refractivity contribution in [3.63, 3.8) is 0 Å². The lowest BCUT2D eigenvalue weighted by atomic mass is 9.99. The summed E-state index contributed by atoms with van der Waals surface area (Å²) < 4.78 is 4.63. The van der Waals surface area contributed by atoms with Gasteiger partial charge in [-0.05, 0) is 223 Å². The number of rotatable bonds is 12. The molecule has 0 aliphatic carbocycles. The molecule has 3 aliphatic rings. The van der Waals surface area contributed by atoms with Gasteiger partial charge in [0.25, 0.3) is 0 Å². The highest BCUT2D eigenvalue weighted by Crippen LogP contribution is 2.56. The summed E-state index contributed by atoms with van der Waals surface area (Å²) in [5, 5.41) is 13.2. The normalized spacial score (nSPS) is 13.4. The summed E-state index contributed by atoms with van der Waals surface area (Å²) in [6.45, 7) is 0. The van der Waals surface area contributed by atoms with E-state index in [1.54, 1.807) is 0 Å². The molecule has 0 saturated carbocycles. The number of fused-ring (bicyclic) bond motifs is 13. The van der Waals surface area contributed by atoms with Gasteiger partial charge >= 0.3 is 0 Å². The summed E-state index contributed by atoms with van der Waals surface area (Å²) in [5.74, 6) is 1.71. The van der Waals surface area contributed by atoms with Gasteiger partial charge in [0.15, 0.2) is 11.6 Å². The average Bonchev–Trinajstić information content (AvgIpc) is 1.62. The SMILES string of the molecule is c1ccc(-c2ccc(-c3nc(-c4ccc(-c5ccc6cc(N7c8ccccc8Sc8cc(-c9ccc%10c(c9)c9ccccc9n%10-c9ccc(C%10Nc%11ccccc%11N%10c%10ccccc%10)cc9)ccc87)ccc6c5)cc4)nc(-n4c5ccccc5c5cc(-c6ccc7c(c6)Sc6ccccc6N7c6ccc7ccccc7c6)ccc54)n3)cc2)cc1. The Morgan fingerprint density at radius 1 is 0.235 bits per heavy atom. The van der Waals surface area contributed by atoms with Crippen molar-refractivity contribution in [1.29, 1.82) is 0 Å². The van der Waals surface area contributed by atoms with Crippen LogP contribution in [-0.4, -0.2) is 24.1 Å². The molecule has 0 radical (unpaired) electrons. The second-order valence-electron chi connectivity index (χ2n) is 30.8. The molecule has 0 bridgehead atoms. The van der Waals surface area contributed by atoms with Crippen LogP contribution >= 0.6 is 23.5 Å². The summed E-state index contributed by atoms with van der Waals surface area (Å²) in [6.07, 6.45) is -0.0518. The third kappa shape index (κ3) is 11.7. The molecule has 558 valence electrons. The first-order valence-corrected chi connectivity index (χ1v) is 41.9. The van der Waals surface area contributed by atoms with Crippen molar-refractivity contribution in [1.82, 2.24) is 24.1 Å². The zero-order valence-corrected chi connectivity index (χ0v) is 65.8.